The third-order valence-corrected chi connectivity index (χ3v) is 6.97. The second-order valence-corrected chi connectivity index (χ2v) is 11.2. The molecule has 0 heterocycles. The number of ketones is 1. The average molecular weight is 535 g/mol. The molecule has 0 aliphatic heterocycles. The molecule has 0 aliphatic carbocycles. The molecule has 0 aromatic carbocycles. The molecule has 0 radical (unpaired) electrons. The normalized spacial score (nSPS) is 14.5. The number of rotatable bonds is 17. The third kappa shape index (κ3) is 11.5. The molecule has 8 nitrogen and oxygen atoms in total. The fourth-order valence-electron chi connectivity index (χ4n) is 4.37. The Kier molecular flexibility index (Phi) is 16.7. The van der Waals surface area contributed by atoms with Crippen molar-refractivity contribution in [2.45, 2.75) is 99.1 Å². The molecule has 0 aromatic rings. The van der Waals surface area contributed by atoms with E-state index in [1.54, 1.807) is 28.2 Å². The molecule has 3 atom stereocenters. The summed E-state index contributed by atoms with van der Waals surface area (Å²) in [7, 11) is 6.74. The quantitative estimate of drug-likeness (QED) is 0.201. The first-order chi connectivity index (χ1) is 17.7. The van der Waals surface area contributed by atoms with Gasteiger partial charge in [0.05, 0.1) is 24.7 Å². The monoisotopic (exact) mass is 534 g/mol. The topological polar surface area (TPSA) is 90.4 Å². The number of hydrogen-bond donors (Lipinski definition) is 0. The van der Waals surface area contributed by atoms with Gasteiger partial charge >= 0.3 is 0 Å². The Hall–Kier alpha value is -2.51. The summed E-state index contributed by atoms with van der Waals surface area (Å²) in [6.45, 7) is 13.9. The highest BCUT2D eigenvalue weighted by Crippen LogP contribution is 2.21. The van der Waals surface area contributed by atoms with Gasteiger partial charge in [-0.25, -0.2) is 0 Å². The van der Waals surface area contributed by atoms with Gasteiger partial charge in [0.25, 0.3) is 0 Å². The zero-order chi connectivity index (χ0) is 29.6. The number of allylic oxidation sites excluding steroid dienone is 1. The first-order valence-corrected chi connectivity index (χ1v) is 14.1. The Bertz CT molecular complexity index is 832. The van der Waals surface area contributed by atoms with Crippen molar-refractivity contribution < 1.29 is 19.2 Å². The SMILES string of the molecule is C/C=C(\CCCC)C[C@@H](C(=O)/C=N/C[C@@H](CC)C(=O)N(C)C)N(C)C(=O)[C@H](CC(C)C)N(C)C(=O)C(C)C. The van der Waals surface area contributed by atoms with E-state index in [9.17, 15) is 19.2 Å². The first kappa shape index (κ1) is 35.5. The van der Waals surface area contributed by atoms with Crippen LogP contribution < -0.4 is 0 Å². The summed E-state index contributed by atoms with van der Waals surface area (Å²) in [5.74, 6) is -0.995. The largest absolute Gasteiger partial charge is 0.349 e. The Labute approximate surface area is 231 Å². The number of aliphatic imine (C=N–C) groups is 1. The van der Waals surface area contributed by atoms with Crippen LogP contribution in [0, 0.1) is 17.8 Å². The zero-order valence-corrected chi connectivity index (χ0v) is 25.9. The minimum Gasteiger partial charge on any atom is -0.349 e. The molecule has 0 spiro atoms. The molecule has 0 aromatic heterocycles. The van der Waals surface area contributed by atoms with Gasteiger partial charge in [-0.05, 0) is 44.9 Å². The number of amides is 3. The number of unbranched alkanes of at least 4 members (excludes halogenated alkanes) is 1. The molecule has 0 fully saturated rings. The van der Waals surface area contributed by atoms with Crippen molar-refractivity contribution in [3.63, 3.8) is 0 Å². The van der Waals surface area contributed by atoms with Gasteiger partial charge in [-0.3, -0.25) is 24.2 Å². The number of carbonyl (C=O) groups is 4. The first-order valence-electron chi connectivity index (χ1n) is 14.1. The van der Waals surface area contributed by atoms with Gasteiger partial charge in [0.1, 0.15) is 6.04 Å². The molecular weight excluding hydrogens is 480 g/mol. The van der Waals surface area contributed by atoms with Crippen molar-refractivity contribution in [3.05, 3.63) is 11.6 Å². The summed E-state index contributed by atoms with van der Waals surface area (Å²) in [5.41, 5.74) is 1.11. The van der Waals surface area contributed by atoms with Crippen molar-refractivity contribution in [1.29, 1.82) is 0 Å². The highest BCUT2D eigenvalue weighted by Gasteiger charge is 2.35. The van der Waals surface area contributed by atoms with Crippen LogP contribution in [-0.2, 0) is 19.2 Å². The van der Waals surface area contributed by atoms with Crippen molar-refractivity contribution >= 4 is 29.7 Å². The molecule has 3 amide bonds. The molecule has 218 valence electrons. The number of nitrogens with zero attached hydrogens (tertiary/aromatic N) is 4. The average Bonchev–Trinajstić information content (AvgIpc) is 2.87. The summed E-state index contributed by atoms with van der Waals surface area (Å²) in [4.78, 5) is 61.4. The van der Waals surface area contributed by atoms with Crippen LogP contribution in [-0.4, -0.2) is 91.2 Å². The van der Waals surface area contributed by atoms with Gasteiger partial charge in [0.15, 0.2) is 5.78 Å². The van der Waals surface area contributed by atoms with Crippen LogP contribution >= 0.6 is 0 Å². The number of likely N-dealkylation sites (N-methyl/N-ethyl adjacent to an activating group) is 2. The summed E-state index contributed by atoms with van der Waals surface area (Å²) in [6, 6.07) is -1.40. The lowest BCUT2D eigenvalue weighted by atomic mass is 9.95. The summed E-state index contributed by atoms with van der Waals surface area (Å²) < 4.78 is 0. The standard InChI is InChI=1S/C30H54N4O4/c1-12-15-16-23(13-2)18-25(27(35)20-31-19-24(14-3)29(37)32(8)9)33(10)30(38)26(17-21(4)5)34(11)28(36)22(6)7/h13,20-22,24-26H,12,14-19H2,1-11H3/b23-13+,31-20+/t24-,25+,26+/m1/s1. The smallest absolute Gasteiger partial charge is 0.245 e. The molecular formula is C30H54N4O4. The van der Waals surface area contributed by atoms with Crippen molar-refractivity contribution in [2.75, 3.05) is 34.7 Å². The van der Waals surface area contributed by atoms with E-state index in [0.717, 1.165) is 24.8 Å². The predicted octanol–water partition coefficient (Wildman–Crippen LogP) is 4.62. The van der Waals surface area contributed by atoms with E-state index in [1.807, 2.05) is 47.6 Å². The van der Waals surface area contributed by atoms with Crippen molar-refractivity contribution in [2.24, 2.45) is 22.7 Å². The van der Waals surface area contributed by atoms with Gasteiger partial charge in [-0.1, -0.05) is 59.6 Å². The minimum atomic E-state index is -0.740. The Morgan fingerprint density at radius 1 is 0.842 bits per heavy atom. The maximum absolute atomic E-state index is 13.8. The Morgan fingerprint density at radius 3 is 1.87 bits per heavy atom. The Balaban J connectivity index is 6.15. The van der Waals surface area contributed by atoms with Crippen molar-refractivity contribution in [3.8, 4) is 0 Å². The third-order valence-electron chi connectivity index (χ3n) is 6.97. The van der Waals surface area contributed by atoms with Gasteiger partial charge < -0.3 is 14.7 Å². The minimum absolute atomic E-state index is 0.0221. The van der Waals surface area contributed by atoms with E-state index in [0.29, 0.717) is 19.3 Å². The molecule has 0 N–H and O–H groups in total. The van der Waals surface area contributed by atoms with E-state index in [1.165, 1.54) is 20.9 Å². The maximum atomic E-state index is 13.8. The predicted molar refractivity (Wildman–Crippen MR) is 156 cm³/mol. The second-order valence-electron chi connectivity index (χ2n) is 11.2. The highest BCUT2D eigenvalue weighted by atomic mass is 16.2. The van der Waals surface area contributed by atoms with Gasteiger partial charge in [0.2, 0.25) is 17.7 Å². The highest BCUT2D eigenvalue weighted by molar-refractivity contribution is 6.30. The van der Waals surface area contributed by atoms with Crippen LogP contribution in [0.1, 0.15) is 87.0 Å². The van der Waals surface area contributed by atoms with Gasteiger partial charge in [-0.15, -0.1) is 0 Å². The van der Waals surface area contributed by atoms with Crippen LogP contribution in [0.15, 0.2) is 16.6 Å². The maximum Gasteiger partial charge on any atom is 0.245 e. The molecule has 38 heavy (non-hydrogen) atoms. The van der Waals surface area contributed by atoms with E-state index in [2.05, 4.69) is 11.9 Å². The van der Waals surface area contributed by atoms with Gasteiger partial charge in [0, 0.05) is 34.1 Å². The molecule has 0 saturated carbocycles. The Morgan fingerprint density at radius 2 is 1.42 bits per heavy atom. The zero-order valence-electron chi connectivity index (χ0n) is 25.9. The summed E-state index contributed by atoms with van der Waals surface area (Å²) in [6.07, 6.45) is 7.73. The van der Waals surface area contributed by atoms with Crippen LogP contribution in [0.3, 0.4) is 0 Å². The fourth-order valence-corrected chi connectivity index (χ4v) is 4.37. The molecule has 0 rings (SSSR count). The van der Waals surface area contributed by atoms with E-state index >= 15 is 0 Å². The van der Waals surface area contributed by atoms with Crippen LogP contribution in [0.25, 0.3) is 0 Å². The number of Topliss-reactive ketones (excluding diaryl/α,β-unsaturated/α-hetero) is 1. The van der Waals surface area contributed by atoms with E-state index < -0.39 is 12.1 Å². The van der Waals surface area contributed by atoms with Crippen LogP contribution in [0.5, 0.6) is 0 Å². The van der Waals surface area contributed by atoms with Crippen LogP contribution in [0.2, 0.25) is 0 Å². The van der Waals surface area contributed by atoms with E-state index in [4.69, 9.17) is 0 Å². The lowest BCUT2D eigenvalue weighted by molar-refractivity contribution is -0.148. The number of hydrogen-bond acceptors (Lipinski definition) is 5. The number of carbonyl (C=O) groups excluding carboxylic acids is 4. The molecule has 0 aliphatic rings. The lowest BCUT2D eigenvalue weighted by Gasteiger charge is -2.35. The molecule has 0 bridgehead atoms. The molecule has 0 unspecified atom stereocenters. The van der Waals surface area contributed by atoms with Crippen LogP contribution in [0.4, 0.5) is 0 Å². The molecule has 0 saturated heterocycles. The van der Waals surface area contributed by atoms with Crippen molar-refractivity contribution in [1.82, 2.24) is 14.7 Å². The molecule has 8 heteroatoms. The lowest BCUT2D eigenvalue weighted by Crippen LogP contribution is -2.54. The summed E-state index contributed by atoms with van der Waals surface area (Å²) in [5, 5.41) is 0. The van der Waals surface area contributed by atoms with E-state index in [-0.39, 0.29) is 47.8 Å². The second kappa shape index (κ2) is 17.9. The fraction of sp³-hybridized carbons (Fsp3) is 0.767. The van der Waals surface area contributed by atoms with Gasteiger partial charge in [-0.2, -0.15) is 0 Å². The summed E-state index contributed by atoms with van der Waals surface area (Å²) >= 11 is 0.